The van der Waals surface area contributed by atoms with Gasteiger partial charge in [0.1, 0.15) is 5.75 Å². The molecule has 0 radical (unpaired) electrons. The number of benzene rings is 1. The molecule has 0 aliphatic carbocycles. The molecule has 2 aliphatic rings. The number of hydrogen-bond acceptors (Lipinski definition) is 4. The maximum atomic E-state index is 12.3. The monoisotopic (exact) mass is 304 g/mol. The summed E-state index contributed by atoms with van der Waals surface area (Å²) < 4.78 is 10.6. The summed E-state index contributed by atoms with van der Waals surface area (Å²) >= 11 is 0. The van der Waals surface area contributed by atoms with Crippen LogP contribution in [0.4, 0.5) is 5.69 Å². The molecule has 1 unspecified atom stereocenters. The van der Waals surface area contributed by atoms with E-state index in [9.17, 15) is 4.79 Å². The number of nitrogens with zero attached hydrogens (tertiary/aromatic N) is 2. The predicted molar refractivity (Wildman–Crippen MR) is 85.3 cm³/mol. The van der Waals surface area contributed by atoms with Crippen LogP contribution in [0.3, 0.4) is 0 Å². The highest BCUT2D eigenvalue weighted by molar-refractivity contribution is 5.76. The Morgan fingerprint density at radius 1 is 1.32 bits per heavy atom. The van der Waals surface area contributed by atoms with Crippen molar-refractivity contribution in [2.45, 2.75) is 12.8 Å². The van der Waals surface area contributed by atoms with Crippen molar-refractivity contribution in [1.82, 2.24) is 4.90 Å². The fourth-order valence-corrected chi connectivity index (χ4v) is 3.14. The van der Waals surface area contributed by atoms with Gasteiger partial charge in [0.2, 0.25) is 5.91 Å². The zero-order valence-electron chi connectivity index (χ0n) is 13.2. The lowest BCUT2D eigenvalue weighted by Gasteiger charge is -2.36. The first-order chi connectivity index (χ1) is 10.8. The normalized spacial score (nSPS) is 22.0. The molecule has 0 bridgehead atoms. The molecule has 22 heavy (non-hydrogen) atoms. The highest BCUT2D eigenvalue weighted by Gasteiger charge is 2.25. The molecule has 2 fully saturated rings. The standard InChI is InChI=1S/C17H24N2O3/c1-21-16-4-2-3-15(12-16)18-6-8-19(9-7-18)17(20)11-14-5-10-22-13-14/h2-4,12,14H,5-11,13H2,1H3. The van der Waals surface area contributed by atoms with Crippen LogP contribution in [0.15, 0.2) is 24.3 Å². The SMILES string of the molecule is COc1cccc(N2CCN(C(=O)CC3CCOC3)CC2)c1. The van der Waals surface area contributed by atoms with Gasteiger partial charge in [0.05, 0.1) is 7.11 Å². The quantitative estimate of drug-likeness (QED) is 0.850. The topological polar surface area (TPSA) is 42.0 Å². The first-order valence-corrected chi connectivity index (χ1v) is 8.01. The molecule has 0 aromatic heterocycles. The number of carbonyl (C=O) groups is 1. The first kappa shape index (κ1) is 15.2. The van der Waals surface area contributed by atoms with Crippen LogP contribution in [0, 0.1) is 5.92 Å². The minimum absolute atomic E-state index is 0.279. The van der Waals surface area contributed by atoms with Crippen molar-refractivity contribution in [2.75, 3.05) is 51.4 Å². The molecule has 0 N–H and O–H groups in total. The van der Waals surface area contributed by atoms with Gasteiger partial charge < -0.3 is 19.3 Å². The van der Waals surface area contributed by atoms with Gasteiger partial charge >= 0.3 is 0 Å². The van der Waals surface area contributed by atoms with Crippen LogP contribution in [0.2, 0.25) is 0 Å². The second kappa shape index (κ2) is 7.01. The number of amides is 1. The average Bonchev–Trinajstić information content (AvgIpc) is 3.08. The average molecular weight is 304 g/mol. The summed E-state index contributed by atoms with van der Waals surface area (Å²) in [5.41, 5.74) is 1.16. The summed E-state index contributed by atoms with van der Waals surface area (Å²) in [6.45, 7) is 4.89. The molecule has 1 atom stereocenters. The summed E-state index contributed by atoms with van der Waals surface area (Å²) in [6.07, 6.45) is 1.66. The Morgan fingerprint density at radius 3 is 2.82 bits per heavy atom. The number of rotatable bonds is 4. The van der Waals surface area contributed by atoms with Gasteiger partial charge in [-0.05, 0) is 24.5 Å². The Hall–Kier alpha value is -1.75. The second-order valence-corrected chi connectivity index (χ2v) is 6.00. The van der Waals surface area contributed by atoms with Gasteiger partial charge in [-0.25, -0.2) is 0 Å². The number of ether oxygens (including phenoxy) is 2. The molecule has 1 amide bonds. The summed E-state index contributed by atoms with van der Waals surface area (Å²) in [7, 11) is 1.68. The van der Waals surface area contributed by atoms with E-state index < -0.39 is 0 Å². The van der Waals surface area contributed by atoms with Crippen LogP contribution in [0.25, 0.3) is 0 Å². The van der Waals surface area contributed by atoms with E-state index in [0.717, 1.165) is 57.3 Å². The van der Waals surface area contributed by atoms with Crippen molar-refractivity contribution in [3.8, 4) is 5.75 Å². The Labute approximate surface area is 131 Å². The van der Waals surface area contributed by atoms with Gasteiger partial charge in [-0.15, -0.1) is 0 Å². The van der Waals surface area contributed by atoms with Crippen LogP contribution < -0.4 is 9.64 Å². The summed E-state index contributed by atoms with van der Waals surface area (Å²) in [6, 6.07) is 8.10. The third kappa shape index (κ3) is 3.53. The molecule has 120 valence electrons. The van der Waals surface area contributed by atoms with Crippen molar-refractivity contribution in [2.24, 2.45) is 5.92 Å². The maximum Gasteiger partial charge on any atom is 0.223 e. The Bertz CT molecular complexity index is 506. The zero-order chi connectivity index (χ0) is 15.4. The van der Waals surface area contributed by atoms with Crippen molar-refractivity contribution in [1.29, 1.82) is 0 Å². The van der Waals surface area contributed by atoms with Crippen LogP contribution in [0.1, 0.15) is 12.8 Å². The van der Waals surface area contributed by atoms with E-state index in [1.165, 1.54) is 0 Å². The van der Waals surface area contributed by atoms with E-state index in [4.69, 9.17) is 9.47 Å². The molecular weight excluding hydrogens is 280 g/mol. The third-order valence-corrected chi connectivity index (χ3v) is 4.54. The maximum absolute atomic E-state index is 12.3. The third-order valence-electron chi connectivity index (χ3n) is 4.54. The van der Waals surface area contributed by atoms with E-state index in [-0.39, 0.29) is 5.91 Å². The lowest BCUT2D eigenvalue weighted by molar-refractivity contribution is -0.132. The Kier molecular flexibility index (Phi) is 4.83. The van der Waals surface area contributed by atoms with E-state index in [0.29, 0.717) is 12.3 Å². The van der Waals surface area contributed by atoms with Crippen LogP contribution in [-0.2, 0) is 9.53 Å². The summed E-state index contributed by atoms with van der Waals surface area (Å²) in [5, 5.41) is 0. The van der Waals surface area contributed by atoms with Crippen LogP contribution in [-0.4, -0.2) is 57.3 Å². The predicted octanol–water partition coefficient (Wildman–Crippen LogP) is 1.77. The molecule has 1 aromatic carbocycles. The molecule has 3 rings (SSSR count). The minimum atomic E-state index is 0.279. The van der Waals surface area contributed by atoms with E-state index >= 15 is 0 Å². The van der Waals surface area contributed by atoms with E-state index in [1.807, 2.05) is 23.1 Å². The lowest BCUT2D eigenvalue weighted by Crippen LogP contribution is -2.49. The lowest BCUT2D eigenvalue weighted by atomic mass is 10.0. The van der Waals surface area contributed by atoms with Gasteiger partial charge in [0.15, 0.2) is 0 Å². The van der Waals surface area contributed by atoms with E-state index in [1.54, 1.807) is 7.11 Å². The summed E-state index contributed by atoms with van der Waals surface area (Å²) in [4.78, 5) is 16.6. The molecule has 0 spiro atoms. The van der Waals surface area contributed by atoms with Gasteiger partial charge in [-0.1, -0.05) is 6.07 Å². The van der Waals surface area contributed by atoms with Crippen LogP contribution >= 0.6 is 0 Å². The largest absolute Gasteiger partial charge is 0.497 e. The van der Waals surface area contributed by atoms with Crippen molar-refractivity contribution in [3.63, 3.8) is 0 Å². The highest BCUT2D eigenvalue weighted by Crippen LogP contribution is 2.23. The molecule has 5 nitrogen and oxygen atoms in total. The number of hydrogen-bond donors (Lipinski definition) is 0. The number of anilines is 1. The van der Waals surface area contributed by atoms with Gasteiger partial charge in [0.25, 0.3) is 0 Å². The zero-order valence-corrected chi connectivity index (χ0v) is 13.2. The molecule has 1 aromatic rings. The van der Waals surface area contributed by atoms with Gasteiger partial charge in [0, 0.05) is 57.6 Å². The number of methoxy groups -OCH3 is 1. The van der Waals surface area contributed by atoms with E-state index in [2.05, 4.69) is 11.0 Å². The smallest absolute Gasteiger partial charge is 0.223 e. The molecule has 2 saturated heterocycles. The molecule has 0 saturated carbocycles. The molecule has 2 aliphatic heterocycles. The Morgan fingerprint density at radius 2 is 2.14 bits per heavy atom. The van der Waals surface area contributed by atoms with Crippen molar-refractivity contribution >= 4 is 11.6 Å². The van der Waals surface area contributed by atoms with Gasteiger partial charge in [-0.2, -0.15) is 0 Å². The highest BCUT2D eigenvalue weighted by atomic mass is 16.5. The fraction of sp³-hybridized carbons (Fsp3) is 0.588. The fourth-order valence-electron chi connectivity index (χ4n) is 3.14. The number of piperazine rings is 1. The minimum Gasteiger partial charge on any atom is -0.497 e. The van der Waals surface area contributed by atoms with Gasteiger partial charge in [-0.3, -0.25) is 4.79 Å². The van der Waals surface area contributed by atoms with Crippen molar-refractivity contribution < 1.29 is 14.3 Å². The first-order valence-electron chi connectivity index (χ1n) is 8.01. The number of carbonyl (C=O) groups excluding carboxylic acids is 1. The van der Waals surface area contributed by atoms with Crippen molar-refractivity contribution in [3.05, 3.63) is 24.3 Å². The molecule has 5 heteroatoms. The second-order valence-electron chi connectivity index (χ2n) is 6.00. The molecular formula is C17H24N2O3. The van der Waals surface area contributed by atoms with Crippen LogP contribution in [0.5, 0.6) is 5.75 Å². The molecule has 2 heterocycles. The Balaban J connectivity index is 1.52. The summed E-state index contributed by atoms with van der Waals surface area (Å²) in [5.74, 6) is 1.57.